The molecule has 8 heteroatoms. The van der Waals surface area contributed by atoms with Crippen molar-refractivity contribution in [2.24, 2.45) is 0 Å². The van der Waals surface area contributed by atoms with Crippen molar-refractivity contribution in [3.8, 4) is 11.3 Å². The van der Waals surface area contributed by atoms with Gasteiger partial charge >= 0.3 is 0 Å². The van der Waals surface area contributed by atoms with Crippen molar-refractivity contribution in [1.82, 2.24) is 9.71 Å². The first-order chi connectivity index (χ1) is 11.9. The molecule has 0 unspecified atom stereocenters. The van der Waals surface area contributed by atoms with Crippen LogP contribution in [0.5, 0.6) is 0 Å². The first-order valence-electron chi connectivity index (χ1n) is 7.92. The minimum Gasteiger partial charge on any atom is -0.396 e. The summed E-state index contributed by atoms with van der Waals surface area (Å²) >= 11 is 0. The number of hydrogen-bond donors (Lipinski definition) is 2. The van der Waals surface area contributed by atoms with Gasteiger partial charge in [-0.2, -0.15) is 0 Å². The second kappa shape index (κ2) is 8.46. The summed E-state index contributed by atoms with van der Waals surface area (Å²) in [6.45, 7) is 1.82. The number of rotatable bonds is 8. The summed E-state index contributed by atoms with van der Waals surface area (Å²) in [5.41, 5.74) is 0.291. The van der Waals surface area contributed by atoms with Gasteiger partial charge in [-0.3, -0.25) is 4.98 Å². The van der Waals surface area contributed by atoms with Crippen LogP contribution in [0.3, 0.4) is 0 Å². The molecule has 1 atom stereocenters. The second-order valence-corrected chi connectivity index (χ2v) is 7.34. The van der Waals surface area contributed by atoms with Crippen LogP contribution in [-0.4, -0.2) is 31.2 Å². The molecular weight excluding hydrogens is 350 g/mol. The Morgan fingerprint density at radius 2 is 1.88 bits per heavy atom. The molecule has 1 heterocycles. The topological polar surface area (TPSA) is 79.3 Å². The Morgan fingerprint density at radius 3 is 2.44 bits per heavy atom. The van der Waals surface area contributed by atoms with Crippen LogP contribution >= 0.6 is 0 Å². The maximum absolute atomic E-state index is 13.8. The molecule has 1 aromatic heterocycles. The molecule has 0 amide bonds. The van der Waals surface area contributed by atoms with Gasteiger partial charge in [0.25, 0.3) is 0 Å². The van der Waals surface area contributed by atoms with Gasteiger partial charge in [0.15, 0.2) is 5.82 Å². The number of pyridine rings is 1. The predicted octanol–water partition coefficient (Wildman–Crippen LogP) is 2.86. The van der Waals surface area contributed by atoms with Crippen LogP contribution in [0.25, 0.3) is 11.3 Å². The van der Waals surface area contributed by atoms with Crippen molar-refractivity contribution in [1.29, 1.82) is 0 Å². The van der Waals surface area contributed by atoms with E-state index < -0.39 is 21.7 Å². The Bertz CT molecular complexity index is 805. The molecule has 0 aliphatic carbocycles. The van der Waals surface area contributed by atoms with Crippen molar-refractivity contribution in [3.05, 3.63) is 48.2 Å². The smallest absolute Gasteiger partial charge is 0.240 e. The second-order valence-electron chi connectivity index (χ2n) is 5.63. The third kappa shape index (κ3) is 5.04. The van der Waals surface area contributed by atoms with E-state index in [9.17, 15) is 17.2 Å². The number of sulfonamides is 1. The Labute approximate surface area is 145 Å². The van der Waals surface area contributed by atoms with E-state index in [0.717, 1.165) is 18.7 Å². The van der Waals surface area contributed by atoms with Gasteiger partial charge in [0.05, 0.1) is 11.1 Å². The van der Waals surface area contributed by atoms with E-state index in [0.29, 0.717) is 18.4 Å². The highest BCUT2D eigenvalue weighted by molar-refractivity contribution is 7.89. The fourth-order valence-corrected chi connectivity index (χ4v) is 3.78. The summed E-state index contributed by atoms with van der Waals surface area (Å²) in [6.07, 6.45) is 2.62. The minimum absolute atomic E-state index is 0.0258. The first kappa shape index (κ1) is 19.4. The van der Waals surface area contributed by atoms with E-state index in [1.54, 1.807) is 0 Å². The van der Waals surface area contributed by atoms with Crippen LogP contribution in [0.2, 0.25) is 0 Å². The molecule has 0 aliphatic heterocycles. The first-order valence-corrected chi connectivity index (χ1v) is 9.40. The lowest BCUT2D eigenvalue weighted by atomic mass is 10.1. The molecule has 2 N–H and O–H groups in total. The SMILES string of the molecule is CCC[C@H](CCO)NS(=O)(=O)c1ccc(-c2ncc(F)cc2F)cc1. The van der Waals surface area contributed by atoms with Gasteiger partial charge in [-0.15, -0.1) is 0 Å². The zero-order chi connectivity index (χ0) is 18.4. The summed E-state index contributed by atoms with van der Waals surface area (Å²) in [5, 5.41) is 9.03. The molecule has 0 saturated heterocycles. The zero-order valence-corrected chi connectivity index (χ0v) is 14.6. The van der Waals surface area contributed by atoms with Crippen molar-refractivity contribution < 1.29 is 22.3 Å². The number of halogens is 2. The molecule has 2 aromatic rings. The molecule has 25 heavy (non-hydrogen) atoms. The normalized spacial score (nSPS) is 13.0. The summed E-state index contributed by atoms with van der Waals surface area (Å²) in [5.74, 6) is -1.60. The molecular formula is C17H20F2N2O3S. The Balaban J connectivity index is 2.23. The van der Waals surface area contributed by atoms with E-state index in [2.05, 4.69) is 9.71 Å². The summed E-state index contributed by atoms with van der Waals surface area (Å²) in [6, 6.07) is 5.88. The van der Waals surface area contributed by atoms with Crippen LogP contribution in [0.4, 0.5) is 8.78 Å². The molecule has 5 nitrogen and oxygen atoms in total. The van der Waals surface area contributed by atoms with Gasteiger partial charge in [0.2, 0.25) is 10.0 Å². The molecule has 0 aliphatic rings. The minimum atomic E-state index is -3.75. The standard InChI is InChI=1S/C17H20F2N2O3S/c1-2-3-14(8-9-22)21-25(23,24)15-6-4-12(5-7-15)17-16(19)10-13(18)11-20-17/h4-7,10-11,14,21-22H,2-3,8-9H2,1H3/t14-/m1/s1. The van der Waals surface area contributed by atoms with Crippen LogP contribution in [0.1, 0.15) is 26.2 Å². The van der Waals surface area contributed by atoms with Crippen LogP contribution < -0.4 is 4.72 Å². The quantitative estimate of drug-likeness (QED) is 0.749. The lowest BCUT2D eigenvalue weighted by Gasteiger charge is -2.17. The number of hydrogen-bond acceptors (Lipinski definition) is 4. The molecule has 136 valence electrons. The van der Waals surface area contributed by atoms with E-state index in [-0.39, 0.29) is 23.2 Å². The Hall–Kier alpha value is -1.90. The van der Waals surface area contributed by atoms with Gasteiger partial charge in [-0.1, -0.05) is 25.5 Å². The van der Waals surface area contributed by atoms with Gasteiger partial charge < -0.3 is 5.11 Å². The third-order valence-corrected chi connectivity index (χ3v) is 5.22. The van der Waals surface area contributed by atoms with E-state index in [1.165, 1.54) is 24.3 Å². The summed E-state index contributed by atoms with van der Waals surface area (Å²) < 4.78 is 54.1. The molecule has 1 aromatic carbocycles. The molecule has 0 spiro atoms. The Morgan fingerprint density at radius 1 is 1.20 bits per heavy atom. The van der Waals surface area contributed by atoms with Crippen LogP contribution in [0.15, 0.2) is 41.4 Å². The maximum Gasteiger partial charge on any atom is 0.240 e. The maximum atomic E-state index is 13.8. The molecule has 2 rings (SSSR count). The summed E-state index contributed by atoms with van der Waals surface area (Å²) in [4.78, 5) is 3.72. The van der Waals surface area contributed by atoms with Gasteiger partial charge in [0.1, 0.15) is 11.5 Å². The van der Waals surface area contributed by atoms with Crippen LogP contribution in [-0.2, 0) is 10.0 Å². The average molecular weight is 370 g/mol. The number of nitrogens with zero attached hydrogens (tertiary/aromatic N) is 1. The zero-order valence-electron chi connectivity index (χ0n) is 13.7. The molecule has 0 radical (unpaired) electrons. The van der Waals surface area contributed by atoms with Gasteiger partial charge in [-0.05, 0) is 25.0 Å². The van der Waals surface area contributed by atoms with Gasteiger partial charge in [-0.25, -0.2) is 21.9 Å². The molecule has 0 saturated carbocycles. The lowest BCUT2D eigenvalue weighted by molar-refractivity contribution is 0.268. The van der Waals surface area contributed by atoms with Crippen molar-refractivity contribution in [3.63, 3.8) is 0 Å². The predicted molar refractivity (Wildman–Crippen MR) is 90.3 cm³/mol. The van der Waals surface area contributed by atoms with Crippen molar-refractivity contribution >= 4 is 10.0 Å². The summed E-state index contributed by atoms with van der Waals surface area (Å²) in [7, 11) is -3.75. The van der Waals surface area contributed by atoms with E-state index in [1.807, 2.05) is 6.92 Å². The fourth-order valence-electron chi connectivity index (χ4n) is 2.47. The number of aromatic nitrogens is 1. The van der Waals surface area contributed by atoms with E-state index >= 15 is 0 Å². The largest absolute Gasteiger partial charge is 0.396 e. The third-order valence-electron chi connectivity index (χ3n) is 3.68. The number of aliphatic hydroxyl groups excluding tert-OH is 1. The van der Waals surface area contributed by atoms with Crippen molar-refractivity contribution in [2.45, 2.75) is 37.1 Å². The number of benzene rings is 1. The highest BCUT2D eigenvalue weighted by atomic mass is 32.2. The Kier molecular flexibility index (Phi) is 6.57. The molecule has 0 fully saturated rings. The van der Waals surface area contributed by atoms with Crippen molar-refractivity contribution in [2.75, 3.05) is 6.61 Å². The van der Waals surface area contributed by atoms with Gasteiger partial charge in [0, 0.05) is 24.3 Å². The average Bonchev–Trinajstić information content (AvgIpc) is 2.55. The lowest BCUT2D eigenvalue weighted by Crippen LogP contribution is -2.35. The number of aliphatic hydroxyl groups is 1. The van der Waals surface area contributed by atoms with E-state index in [4.69, 9.17) is 5.11 Å². The highest BCUT2D eigenvalue weighted by Crippen LogP contribution is 2.23. The number of nitrogens with one attached hydrogen (secondary N) is 1. The fraction of sp³-hybridized carbons (Fsp3) is 0.353. The molecule has 0 bridgehead atoms. The monoisotopic (exact) mass is 370 g/mol. The van der Waals surface area contributed by atoms with Crippen LogP contribution in [0, 0.1) is 11.6 Å². The highest BCUT2D eigenvalue weighted by Gasteiger charge is 2.19.